The first kappa shape index (κ1) is 12.9. The average Bonchev–Trinajstić information content (AvgIpc) is 2.71. The van der Waals surface area contributed by atoms with Crippen LogP contribution in [0.3, 0.4) is 0 Å². The molecule has 0 unspecified atom stereocenters. The number of ether oxygens (including phenoxy) is 1. The molecule has 0 atom stereocenters. The molecular weight excluding hydrogens is 248 g/mol. The lowest BCUT2D eigenvalue weighted by Crippen LogP contribution is -2.24. The third-order valence-electron chi connectivity index (χ3n) is 3.69. The van der Waals surface area contributed by atoms with E-state index in [0.717, 1.165) is 23.3 Å². The summed E-state index contributed by atoms with van der Waals surface area (Å²) in [6.45, 7) is 5.80. The van der Waals surface area contributed by atoms with E-state index in [4.69, 9.17) is 4.74 Å². The van der Waals surface area contributed by atoms with Crippen LogP contribution in [0.4, 0.5) is 0 Å². The Balaban J connectivity index is 1.94. The first-order chi connectivity index (χ1) is 9.44. The predicted molar refractivity (Wildman–Crippen MR) is 80.3 cm³/mol. The van der Waals surface area contributed by atoms with Gasteiger partial charge in [-0.1, -0.05) is 30.3 Å². The van der Waals surface area contributed by atoms with Crippen molar-refractivity contribution >= 4 is 5.78 Å². The van der Waals surface area contributed by atoms with Gasteiger partial charge in [0.1, 0.15) is 11.4 Å². The highest BCUT2D eigenvalue weighted by Gasteiger charge is 2.29. The third kappa shape index (κ3) is 2.34. The fourth-order valence-corrected chi connectivity index (χ4v) is 2.69. The number of carbonyl (C=O) groups excluding carboxylic acids is 1. The lowest BCUT2D eigenvalue weighted by molar-refractivity contribution is 0.101. The van der Waals surface area contributed by atoms with E-state index in [1.807, 2.05) is 30.3 Å². The monoisotopic (exact) mass is 266 g/mol. The zero-order valence-electron chi connectivity index (χ0n) is 12.1. The molecule has 2 nitrogen and oxygen atoms in total. The summed E-state index contributed by atoms with van der Waals surface area (Å²) in [6, 6.07) is 14.1. The van der Waals surface area contributed by atoms with Crippen LogP contribution in [0.25, 0.3) is 11.1 Å². The van der Waals surface area contributed by atoms with Crippen molar-refractivity contribution in [3.8, 4) is 16.9 Å². The number of hydrogen-bond acceptors (Lipinski definition) is 2. The van der Waals surface area contributed by atoms with E-state index in [1.165, 1.54) is 11.1 Å². The maximum absolute atomic E-state index is 11.3. The molecule has 1 aliphatic heterocycles. The van der Waals surface area contributed by atoms with Gasteiger partial charge in [-0.05, 0) is 49.6 Å². The molecule has 0 aliphatic carbocycles. The molecule has 102 valence electrons. The molecule has 2 aromatic rings. The van der Waals surface area contributed by atoms with Crippen LogP contribution >= 0.6 is 0 Å². The largest absolute Gasteiger partial charge is 0.487 e. The minimum Gasteiger partial charge on any atom is -0.487 e. The van der Waals surface area contributed by atoms with E-state index < -0.39 is 0 Å². The molecule has 1 heterocycles. The number of hydrogen-bond donors (Lipinski definition) is 0. The Morgan fingerprint density at radius 3 is 2.35 bits per heavy atom. The second-order valence-corrected chi connectivity index (χ2v) is 5.99. The minimum absolute atomic E-state index is 0.0978. The van der Waals surface area contributed by atoms with E-state index in [0.29, 0.717) is 0 Å². The van der Waals surface area contributed by atoms with E-state index in [1.54, 1.807) is 6.92 Å². The molecular formula is C18H18O2. The topological polar surface area (TPSA) is 26.3 Å². The Bertz CT molecular complexity index is 666. The maximum Gasteiger partial charge on any atom is 0.159 e. The van der Waals surface area contributed by atoms with E-state index in [-0.39, 0.29) is 11.4 Å². The van der Waals surface area contributed by atoms with Gasteiger partial charge in [-0.25, -0.2) is 0 Å². The quantitative estimate of drug-likeness (QED) is 0.759. The van der Waals surface area contributed by atoms with Crippen LogP contribution in [0.2, 0.25) is 0 Å². The highest BCUT2D eigenvalue weighted by atomic mass is 16.5. The molecule has 0 fully saturated rings. The molecule has 1 aliphatic rings. The van der Waals surface area contributed by atoms with Gasteiger partial charge in [0.05, 0.1) is 0 Å². The number of benzene rings is 2. The fourth-order valence-electron chi connectivity index (χ4n) is 2.69. The van der Waals surface area contributed by atoms with Crippen LogP contribution in [-0.4, -0.2) is 11.4 Å². The molecule has 2 heteroatoms. The molecule has 0 N–H and O–H groups in total. The first-order valence-electron chi connectivity index (χ1n) is 6.88. The predicted octanol–water partition coefficient (Wildman–Crippen LogP) is 4.27. The molecule has 2 aromatic carbocycles. The second kappa shape index (κ2) is 4.48. The number of carbonyl (C=O) groups is 1. The molecule has 0 aromatic heterocycles. The molecule has 20 heavy (non-hydrogen) atoms. The van der Waals surface area contributed by atoms with Crippen LogP contribution < -0.4 is 4.74 Å². The Morgan fingerprint density at radius 2 is 1.70 bits per heavy atom. The lowest BCUT2D eigenvalue weighted by atomic mass is 9.97. The van der Waals surface area contributed by atoms with Crippen molar-refractivity contribution in [2.75, 3.05) is 0 Å². The van der Waals surface area contributed by atoms with E-state index in [9.17, 15) is 4.79 Å². The van der Waals surface area contributed by atoms with Gasteiger partial charge in [0.25, 0.3) is 0 Å². The normalized spacial score (nSPS) is 15.6. The molecule has 0 radical (unpaired) electrons. The number of rotatable bonds is 2. The van der Waals surface area contributed by atoms with Crippen molar-refractivity contribution in [1.29, 1.82) is 0 Å². The van der Waals surface area contributed by atoms with Crippen LogP contribution in [-0.2, 0) is 6.42 Å². The summed E-state index contributed by atoms with van der Waals surface area (Å²) < 4.78 is 5.89. The van der Waals surface area contributed by atoms with Crippen molar-refractivity contribution in [1.82, 2.24) is 0 Å². The van der Waals surface area contributed by atoms with E-state index in [2.05, 4.69) is 26.0 Å². The van der Waals surface area contributed by atoms with Gasteiger partial charge in [-0.15, -0.1) is 0 Å². The van der Waals surface area contributed by atoms with Crippen molar-refractivity contribution in [3.63, 3.8) is 0 Å². The summed E-state index contributed by atoms with van der Waals surface area (Å²) >= 11 is 0. The molecule has 3 rings (SSSR count). The molecule has 0 saturated heterocycles. The van der Waals surface area contributed by atoms with Gasteiger partial charge in [0.15, 0.2) is 5.78 Å². The van der Waals surface area contributed by atoms with Crippen LogP contribution in [0.5, 0.6) is 5.75 Å². The van der Waals surface area contributed by atoms with Crippen LogP contribution in [0.1, 0.15) is 36.7 Å². The van der Waals surface area contributed by atoms with Crippen LogP contribution in [0.15, 0.2) is 42.5 Å². The summed E-state index contributed by atoms with van der Waals surface area (Å²) in [5, 5.41) is 0. The highest BCUT2D eigenvalue weighted by molar-refractivity contribution is 5.94. The number of ketones is 1. The fraction of sp³-hybridized carbons (Fsp3) is 0.278. The summed E-state index contributed by atoms with van der Waals surface area (Å²) in [4.78, 5) is 11.3. The van der Waals surface area contributed by atoms with Gasteiger partial charge >= 0.3 is 0 Å². The maximum atomic E-state index is 11.3. The highest BCUT2D eigenvalue weighted by Crippen LogP contribution is 2.37. The van der Waals surface area contributed by atoms with Gasteiger partial charge in [-0.2, -0.15) is 0 Å². The molecule has 0 spiro atoms. The van der Waals surface area contributed by atoms with Crippen LogP contribution in [0, 0.1) is 0 Å². The first-order valence-corrected chi connectivity index (χ1v) is 6.88. The number of fused-ring (bicyclic) bond motifs is 1. The van der Waals surface area contributed by atoms with Gasteiger partial charge in [-0.3, -0.25) is 4.79 Å². The van der Waals surface area contributed by atoms with Crippen molar-refractivity contribution < 1.29 is 9.53 Å². The summed E-state index contributed by atoms with van der Waals surface area (Å²) in [6.07, 6.45) is 0.932. The molecule has 0 saturated carbocycles. The summed E-state index contributed by atoms with van der Waals surface area (Å²) in [5.41, 5.74) is 4.18. The average molecular weight is 266 g/mol. The minimum atomic E-state index is -0.112. The third-order valence-corrected chi connectivity index (χ3v) is 3.69. The van der Waals surface area contributed by atoms with Gasteiger partial charge in [0.2, 0.25) is 0 Å². The zero-order valence-corrected chi connectivity index (χ0v) is 12.1. The Morgan fingerprint density at radius 1 is 1.05 bits per heavy atom. The number of Topliss-reactive ketones (excluding diaryl/α,β-unsaturated/α-hetero) is 1. The second-order valence-electron chi connectivity index (χ2n) is 5.99. The Hall–Kier alpha value is -2.09. The smallest absolute Gasteiger partial charge is 0.159 e. The van der Waals surface area contributed by atoms with E-state index >= 15 is 0 Å². The van der Waals surface area contributed by atoms with Crippen molar-refractivity contribution in [3.05, 3.63) is 53.6 Å². The standard InChI is InChI=1S/C18H18O2/c1-12(19)13-4-6-14(7-5-13)15-8-9-17-16(10-15)11-18(2,3)20-17/h4-10H,11H2,1-3H3. The van der Waals surface area contributed by atoms with Gasteiger partial charge in [0, 0.05) is 12.0 Å². The lowest BCUT2D eigenvalue weighted by Gasteiger charge is -2.16. The summed E-state index contributed by atoms with van der Waals surface area (Å²) in [7, 11) is 0. The van der Waals surface area contributed by atoms with Crippen molar-refractivity contribution in [2.45, 2.75) is 32.8 Å². The van der Waals surface area contributed by atoms with Gasteiger partial charge < -0.3 is 4.74 Å². The SMILES string of the molecule is CC(=O)c1ccc(-c2ccc3c(c2)CC(C)(C)O3)cc1. The molecule has 0 bridgehead atoms. The Labute approximate surface area is 119 Å². The molecule has 0 amide bonds. The summed E-state index contributed by atoms with van der Waals surface area (Å²) in [5.74, 6) is 1.08. The Kier molecular flexibility index (Phi) is 2.89. The zero-order chi connectivity index (χ0) is 14.3. The van der Waals surface area contributed by atoms with Crippen molar-refractivity contribution in [2.24, 2.45) is 0 Å².